The monoisotopic (exact) mass is 499 g/mol. The van der Waals surface area contributed by atoms with Gasteiger partial charge in [0.05, 0.1) is 34.2 Å². The zero-order valence-corrected chi connectivity index (χ0v) is 20.2. The number of aryl methyl sites for hydroxylation is 2. The Bertz CT molecular complexity index is 1220. The SMILES string of the molecule is CCCOc1ccc(C(F)(F)F)cc1NC(=O)C(C)SCc1nc2sc(C)c(C)c2c(=O)[nH]1. The van der Waals surface area contributed by atoms with Crippen LogP contribution in [0, 0.1) is 13.8 Å². The fourth-order valence-electron chi connectivity index (χ4n) is 3.02. The number of ether oxygens (including phenoxy) is 1. The number of anilines is 1. The summed E-state index contributed by atoms with van der Waals surface area (Å²) < 4.78 is 44.9. The number of benzene rings is 1. The lowest BCUT2D eigenvalue weighted by atomic mass is 10.1. The fraction of sp³-hybridized carbons (Fsp3) is 0.409. The van der Waals surface area contributed by atoms with Crippen molar-refractivity contribution in [3.05, 3.63) is 50.4 Å². The Labute approximate surface area is 197 Å². The minimum atomic E-state index is -4.54. The highest BCUT2D eigenvalue weighted by molar-refractivity contribution is 7.99. The van der Waals surface area contributed by atoms with E-state index in [1.165, 1.54) is 29.2 Å². The molecule has 3 rings (SSSR count). The minimum absolute atomic E-state index is 0.0341. The molecule has 1 amide bonds. The van der Waals surface area contributed by atoms with Crippen molar-refractivity contribution >= 4 is 44.9 Å². The summed E-state index contributed by atoms with van der Waals surface area (Å²) >= 11 is 2.65. The van der Waals surface area contributed by atoms with Gasteiger partial charge in [0.2, 0.25) is 5.91 Å². The molecule has 0 spiro atoms. The van der Waals surface area contributed by atoms with Crippen molar-refractivity contribution < 1.29 is 22.7 Å². The molecule has 2 N–H and O–H groups in total. The van der Waals surface area contributed by atoms with Crippen molar-refractivity contribution in [1.82, 2.24) is 9.97 Å². The summed E-state index contributed by atoms with van der Waals surface area (Å²) in [5.74, 6) is 0.393. The molecule has 1 unspecified atom stereocenters. The smallest absolute Gasteiger partial charge is 0.416 e. The second-order valence-electron chi connectivity index (χ2n) is 7.48. The van der Waals surface area contributed by atoms with Crippen LogP contribution in [0.25, 0.3) is 10.2 Å². The van der Waals surface area contributed by atoms with Crippen LogP contribution in [0.15, 0.2) is 23.0 Å². The Morgan fingerprint density at radius 2 is 2.06 bits per heavy atom. The molecule has 0 saturated heterocycles. The van der Waals surface area contributed by atoms with Crippen LogP contribution < -0.4 is 15.6 Å². The first-order chi connectivity index (χ1) is 15.5. The van der Waals surface area contributed by atoms with Gasteiger partial charge in [-0.05, 0) is 51.0 Å². The van der Waals surface area contributed by atoms with Crippen LogP contribution in [0.5, 0.6) is 5.75 Å². The molecule has 6 nitrogen and oxygen atoms in total. The van der Waals surface area contributed by atoms with Crippen LogP contribution in [0.3, 0.4) is 0 Å². The molecular weight excluding hydrogens is 475 g/mol. The third-order valence-electron chi connectivity index (χ3n) is 4.95. The molecule has 3 aromatic rings. The van der Waals surface area contributed by atoms with Gasteiger partial charge < -0.3 is 15.0 Å². The van der Waals surface area contributed by atoms with Gasteiger partial charge in [0.15, 0.2) is 0 Å². The summed E-state index contributed by atoms with van der Waals surface area (Å²) in [6.45, 7) is 7.61. The van der Waals surface area contributed by atoms with Crippen molar-refractivity contribution in [3.63, 3.8) is 0 Å². The van der Waals surface area contributed by atoms with Gasteiger partial charge in [-0.15, -0.1) is 23.1 Å². The van der Waals surface area contributed by atoms with E-state index in [4.69, 9.17) is 4.74 Å². The molecule has 0 aliphatic heterocycles. The van der Waals surface area contributed by atoms with Crippen molar-refractivity contribution in [2.45, 2.75) is 51.3 Å². The number of carbonyl (C=O) groups is 1. The molecular formula is C22H24F3N3O3S2. The van der Waals surface area contributed by atoms with Gasteiger partial charge in [-0.3, -0.25) is 9.59 Å². The van der Waals surface area contributed by atoms with E-state index in [1.54, 1.807) is 6.92 Å². The largest absolute Gasteiger partial charge is 0.491 e. The number of aromatic nitrogens is 2. The lowest BCUT2D eigenvalue weighted by Gasteiger charge is -2.17. The van der Waals surface area contributed by atoms with Crippen molar-refractivity contribution in [2.24, 2.45) is 0 Å². The number of thiophene rings is 1. The number of thioether (sulfide) groups is 1. The molecule has 2 aromatic heterocycles. The number of rotatable bonds is 8. The molecule has 2 heterocycles. The van der Waals surface area contributed by atoms with Crippen molar-refractivity contribution in [3.8, 4) is 5.75 Å². The standard InChI is InChI=1S/C22H24F3N3O3S2/c1-5-8-31-16-7-6-14(22(23,24)25)9-15(16)26-19(29)13(4)32-10-17-27-20(30)18-11(2)12(3)33-21(18)28-17/h6-7,9,13H,5,8,10H2,1-4H3,(H,26,29)(H,27,28,30). The summed E-state index contributed by atoms with van der Waals surface area (Å²) in [7, 11) is 0. The first kappa shape index (κ1) is 25.1. The molecule has 0 bridgehead atoms. The number of carbonyl (C=O) groups excluding carboxylic acids is 1. The molecule has 33 heavy (non-hydrogen) atoms. The highest BCUT2D eigenvalue weighted by Crippen LogP contribution is 2.35. The Morgan fingerprint density at radius 3 is 2.73 bits per heavy atom. The molecule has 0 fully saturated rings. The first-order valence-corrected chi connectivity index (χ1v) is 12.1. The Morgan fingerprint density at radius 1 is 1.33 bits per heavy atom. The number of H-pyrrole nitrogens is 1. The number of nitrogens with zero attached hydrogens (tertiary/aromatic N) is 1. The average Bonchev–Trinajstić information content (AvgIpc) is 3.04. The van der Waals surface area contributed by atoms with Crippen LogP contribution in [0.4, 0.5) is 18.9 Å². The second kappa shape index (κ2) is 10.2. The molecule has 11 heteroatoms. The lowest BCUT2D eigenvalue weighted by Crippen LogP contribution is -2.23. The summed E-state index contributed by atoms with van der Waals surface area (Å²) in [4.78, 5) is 34.0. The molecule has 1 aromatic carbocycles. The molecule has 0 radical (unpaired) electrons. The highest BCUT2D eigenvalue weighted by Gasteiger charge is 2.31. The van der Waals surface area contributed by atoms with Crippen LogP contribution in [-0.2, 0) is 16.7 Å². The second-order valence-corrected chi connectivity index (χ2v) is 10.0. The normalized spacial score (nSPS) is 12.7. The van der Waals surface area contributed by atoms with E-state index >= 15 is 0 Å². The van der Waals surface area contributed by atoms with E-state index in [0.29, 0.717) is 29.1 Å². The van der Waals surface area contributed by atoms with Crippen LogP contribution in [0.2, 0.25) is 0 Å². The predicted molar refractivity (Wildman–Crippen MR) is 126 cm³/mol. The van der Waals surface area contributed by atoms with Gasteiger partial charge in [0.25, 0.3) is 5.56 Å². The van der Waals surface area contributed by atoms with E-state index in [0.717, 1.165) is 22.6 Å². The molecule has 0 aliphatic carbocycles. The number of halogens is 3. The van der Waals surface area contributed by atoms with E-state index in [-0.39, 0.29) is 22.7 Å². The predicted octanol–water partition coefficient (Wildman–Crippen LogP) is 5.67. The number of aromatic amines is 1. The third-order valence-corrected chi connectivity index (χ3v) is 7.21. The van der Waals surface area contributed by atoms with E-state index in [2.05, 4.69) is 15.3 Å². The van der Waals surface area contributed by atoms with E-state index < -0.39 is 22.9 Å². The summed E-state index contributed by atoms with van der Waals surface area (Å²) in [6.07, 6.45) is -3.88. The maximum Gasteiger partial charge on any atom is 0.416 e. The van der Waals surface area contributed by atoms with Crippen LogP contribution in [-0.4, -0.2) is 27.7 Å². The van der Waals surface area contributed by atoms with Gasteiger partial charge in [0.1, 0.15) is 16.4 Å². The summed E-state index contributed by atoms with van der Waals surface area (Å²) in [5, 5.41) is 2.50. The van der Waals surface area contributed by atoms with E-state index in [1.807, 2.05) is 20.8 Å². The van der Waals surface area contributed by atoms with Crippen molar-refractivity contribution in [2.75, 3.05) is 11.9 Å². The molecule has 178 valence electrons. The maximum absolute atomic E-state index is 13.1. The van der Waals surface area contributed by atoms with Gasteiger partial charge in [0, 0.05) is 4.88 Å². The van der Waals surface area contributed by atoms with E-state index in [9.17, 15) is 22.8 Å². The maximum atomic E-state index is 13.1. The zero-order chi connectivity index (χ0) is 24.3. The van der Waals surface area contributed by atoms with Crippen LogP contribution in [0.1, 0.15) is 42.1 Å². The number of hydrogen-bond donors (Lipinski definition) is 2. The Kier molecular flexibility index (Phi) is 7.73. The lowest BCUT2D eigenvalue weighted by molar-refractivity contribution is -0.137. The molecule has 0 saturated carbocycles. The highest BCUT2D eigenvalue weighted by atomic mass is 32.2. The molecule has 1 atom stereocenters. The van der Waals surface area contributed by atoms with Gasteiger partial charge in [-0.25, -0.2) is 4.98 Å². The first-order valence-electron chi connectivity index (χ1n) is 10.3. The minimum Gasteiger partial charge on any atom is -0.491 e. The topological polar surface area (TPSA) is 84.1 Å². The number of nitrogens with one attached hydrogen (secondary N) is 2. The van der Waals surface area contributed by atoms with Gasteiger partial charge >= 0.3 is 6.18 Å². The number of hydrogen-bond acceptors (Lipinski definition) is 6. The van der Waals surface area contributed by atoms with Crippen molar-refractivity contribution in [1.29, 1.82) is 0 Å². The number of alkyl halides is 3. The number of fused-ring (bicyclic) bond motifs is 1. The Hall–Kier alpha value is -2.53. The third kappa shape index (κ3) is 5.89. The summed E-state index contributed by atoms with van der Waals surface area (Å²) in [6, 6.07) is 3.00. The number of amides is 1. The Balaban J connectivity index is 1.73. The van der Waals surface area contributed by atoms with Gasteiger partial charge in [-0.2, -0.15) is 13.2 Å². The summed E-state index contributed by atoms with van der Waals surface area (Å²) in [5.41, 5.74) is -0.235. The quantitative estimate of drug-likeness (QED) is 0.417. The zero-order valence-electron chi connectivity index (χ0n) is 18.6. The molecule has 0 aliphatic rings. The fourth-order valence-corrected chi connectivity index (χ4v) is 4.83. The van der Waals surface area contributed by atoms with Crippen LogP contribution >= 0.6 is 23.1 Å². The average molecular weight is 500 g/mol. The van der Waals surface area contributed by atoms with Gasteiger partial charge in [-0.1, -0.05) is 6.92 Å².